The fourth-order valence-corrected chi connectivity index (χ4v) is 5.05. The molecule has 33 heavy (non-hydrogen) atoms. The van der Waals surface area contributed by atoms with Gasteiger partial charge < -0.3 is 9.80 Å². The first-order valence-electron chi connectivity index (χ1n) is 11.9. The molecule has 2 aliphatic rings. The van der Waals surface area contributed by atoms with Crippen molar-refractivity contribution in [3.8, 4) is 0 Å². The summed E-state index contributed by atoms with van der Waals surface area (Å²) in [5.41, 5.74) is 3.89. The van der Waals surface area contributed by atoms with Gasteiger partial charge in [-0.3, -0.25) is 14.3 Å². The minimum absolute atomic E-state index is 0.0250. The van der Waals surface area contributed by atoms with Crippen LogP contribution in [0.5, 0.6) is 0 Å². The van der Waals surface area contributed by atoms with E-state index in [1.807, 2.05) is 58.7 Å². The molecule has 2 fully saturated rings. The molecule has 1 aromatic heterocycles. The zero-order valence-corrected chi connectivity index (χ0v) is 20.4. The quantitative estimate of drug-likeness (QED) is 0.588. The fourth-order valence-electron chi connectivity index (χ4n) is 4.85. The molecule has 2 saturated heterocycles. The average Bonchev–Trinajstić information content (AvgIpc) is 3.43. The van der Waals surface area contributed by atoms with E-state index in [1.54, 1.807) is 6.08 Å². The molecule has 176 valence electrons. The van der Waals surface area contributed by atoms with Gasteiger partial charge in [-0.1, -0.05) is 29.8 Å². The van der Waals surface area contributed by atoms with Crippen LogP contribution in [0.1, 0.15) is 54.6 Å². The van der Waals surface area contributed by atoms with E-state index in [0.717, 1.165) is 66.3 Å². The summed E-state index contributed by atoms with van der Waals surface area (Å²) in [6.07, 6.45) is 8.21. The van der Waals surface area contributed by atoms with Crippen LogP contribution in [0, 0.1) is 19.8 Å². The van der Waals surface area contributed by atoms with Crippen molar-refractivity contribution in [3.63, 3.8) is 0 Å². The second-order valence-corrected chi connectivity index (χ2v) is 9.63. The highest BCUT2D eigenvalue weighted by molar-refractivity contribution is 6.31. The highest BCUT2D eigenvalue weighted by atomic mass is 35.5. The number of benzene rings is 1. The van der Waals surface area contributed by atoms with Gasteiger partial charge in [0, 0.05) is 55.0 Å². The van der Waals surface area contributed by atoms with E-state index in [-0.39, 0.29) is 11.8 Å². The molecule has 4 rings (SSSR count). The lowest BCUT2D eigenvalue weighted by atomic mass is 9.93. The SMILES string of the molecule is Cc1nn(Cc2ccccc2Cl)c(C)c1/C=C/C(=O)N1CCC(CC(=O)N2CCCC2)CC1. The van der Waals surface area contributed by atoms with Crippen molar-refractivity contribution in [2.45, 2.75) is 52.5 Å². The smallest absolute Gasteiger partial charge is 0.246 e. The number of likely N-dealkylation sites (tertiary alicyclic amines) is 2. The van der Waals surface area contributed by atoms with E-state index in [0.29, 0.717) is 32.0 Å². The predicted molar refractivity (Wildman–Crippen MR) is 131 cm³/mol. The number of amides is 2. The monoisotopic (exact) mass is 468 g/mol. The zero-order valence-electron chi connectivity index (χ0n) is 19.6. The number of aromatic nitrogens is 2. The number of rotatable bonds is 6. The maximum Gasteiger partial charge on any atom is 0.246 e. The Balaban J connectivity index is 1.32. The highest BCUT2D eigenvalue weighted by Crippen LogP contribution is 2.24. The Hall–Kier alpha value is -2.60. The lowest BCUT2D eigenvalue weighted by Gasteiger charge is -2.31. The van der Waals surface area contributed by atoms with Crippen LogP contribution in [0.4, 0.5) is 0 Å². The molecular weight excluding hydrogens is 436 g/mol. The lowest BCUT2D eigenvalue weighted by molar-refractivity contribution is -0.131. The van der Waals surface area contributed by atoms with Crippen molar-refractivity contribution >= 4 is 29.5 Å². The Morgan fingerprint density at radius 2 is 1.76 bits per heavy atom. The normalized spacial score (nSPS) is 17.3. The Morgan fingerprint density at radius 3 is 2.45 bits per heavy atom. The number of aryl methyl sites for hydroxylation is 1. The van der Waals surface area contributed by atoms with Crippen molar-refractivity contribution in [3.05, 3.63) is 57.9 Å². The lowest BCUT2D eigenvalue weighted by Crippen LogP contribution is -2.39. The van der Waals surface area contributed by atoms with Crippen molar-refractivity contribution in [2.75, 3.05) is 26.2 Å². The number of hydrogen-bond acceptors (Lipinski definition) is 3. The molecule has 7 heteroatoms. The first-order chi connectivity index (χ1) is 15.9. The van der Waals surface area contributed by atoms with E-state index in [2.05, 4.69) is 5.10 Å². The van der Waals surface area contributed by atoms with Gasteiger partial charge in [-0.25, -0.2) is 0 Å². The minimum Gasteiger partial charge on any atom is -0.343 e. The van der Waals surface area contributed by atoms with Crippen molar-refractivity contribution in [1.29, 1.82) is 0 Å². The molecule has 2 aromatic rings. The van der Waals surface area contributed by atoms with Gasteiger partial charge >= 0.3 is 0 Å². The fraction of sp³-hybridized carbons (Fsp3) is 0.500. The van der Waals surface area contributed by atoms with Crippen LogP contribution in [0.25, 0.3) is 6.08 Å². The zero-order chi connectivity index (χ0) is 23.4. The van der Waals surface area contributed by atoms with E-state index >= 15 is 0 Å². The second-order valence-electron chi connectivity index (χ2n) is 9.23. The molecular formula is C26H33ClN4O2. The van der Waals surface area contributed by atoms with Gasteiger partial charge in [0.1, 0.15) is 0 Å². The Morgan fingerprint density at radius 1 is 1.06 bits per heavy atom. The molecule has 2 aliphatic heterocycles. The Labute approximate surface area is 201 Å². The van der Waals surface area contributed by atoms with Crippen molar-refractivity contribution in [1.82, 2.24) is 19.6 Å². The maximum absolute atomic E-state index is 12.8. The molecule has 0 radical (unpaired) electrons. The van der Waals surface area contributed by atoms with Gasteiger partial charge in [0.15, 0.2) is 0 Å². The molecule has 0 unspecified atom stereocenters. The van der Waals surface area contributed by atoms with E-state index < -0.39 is 0 Å². The van der Waals surface area contributed by atoms with Gasteiger partial charge in [0.2, 0.25) is 11.8 Å². The van der Waals surface area contributed by atoms with Crippen LogP contribution in [0.15, 0.2) is 30.3 Å². The van der Waals surface area contributed by atoms with Crippen LogP contribution in [-0.2, 0) is 16.1 Å². The molecule has 0 saturated carbocycles. The number of carbonyl (C=O) groups is 2. The summed E-state index contributed by atoms with van der Waals surface area (Å²) in [4.78, 5) is 29.1. The van der Waals surface area contributed by atoms with E-state index in [9.17, 15) is 9.59 Å². The number of halogens is 1. The summed E-state index contributed by atoms with van der Waals surface area (Å²) in [5.74, 6) is 0.701. The molecule has 6 nitrogen and oxygen atoms in total. The molecule has 3 heterocycles. The molecule has 0 bridgehead atoms. The number of nitrogens with zero attached hydrogens (tertiary/aromatic N) is 4. The van der Waals surface area contributed by atoms with Crippen LogP contribution < -0.4 is 0 Å². The third-order valence-corrected chi connectivity index (χ3v) is 7.32. The standard InChI is InChI=1S/C26H33ClN4O2/c1-19-23(20(2)31(28-19)18-22-7-3-4-8-24(22)27)9-10-25(32)30-15-11-21(12-16-30)17-26(33)29-13-5-6-14-29/h3-4,7-10,21H,5-6,11-18H2,1-2H3/b10-9+. The molecule has 0 spiro atoms. The van der Waals surface area contributed by atoms with Crippen molar-refractivity contribution < 1.29 is 9.59 Å². The molecule has 1 aromatic carbocycles. The number of hydrogen-bond donors (Lipinski definition) is 0. The molecule has 0 N–H and O–H groups in total. The van der Waals surface area contributed by atoms with Gasteiger partial charge in [0.25, 0.3) is 0 Å². The largest absolute Gasteiger partial charge is 0.343 e. The highest BCUT2D eigenvalue weighted by Gasteiger charge is 2.26. The van der Waals surface area contributed by atoms with Crippen LogP contribution in [-0.4, -0.2) is 57.6 Å². The van der Waals surface area contributed by atoms with Gasteiger partial charge in [-0.15, -0.1) is 0 Å². The topological polar surface area (TPSA) is 58.4 Å². The van der Waals surface area contributed by atoms with E-state index in [4.69, 9.17) is 11.6 Å². The minimum atomic E-state index is 0.0250. The Kier molecular flexibility index (Phi) is 7.53. The van der Waals surface area contributed by atoms with Gasteiger partial charge in [-0.2, -0.15) is 5.10 Å². The third-order valence-electron chi connectivity index (χ3n) is 6.96. The first-order valence-corrected chi connectivity index (χ1v) is 12.3. The summed E-state index contributed by atoms with van der Waals surface area (Å²) < 4.78 is 1.93. The third kappa shape index (κ3) is 5.67. The summed E-state index contributed by atoms with van der Waals surface area (Å²) in [6, 6.07) is 7.77. The predicted octanol–water partition coefficient (Wildman–Crippen LogP) is 4.47. The maximum atomic E-state index is 12.8. The summed E-state index contributed by atoms with van der Waals surface area (Å²) in [6.45, 7) is 7.82. The average molecular weight is 469 g/mol. The molecule has 2 amide bonds. The Bertz CT molecular complexity index is 1030. The number of carbonyl (C=O) groups excluding carboxylic acids is 2. The summed E-state index contributed by atoms with van der Waals surface area (Å²) >= 11 is 6.31. The molecule has 0 atom stereocenters. The summed E-state index contributed by atoms with van der Waals surface area (Å²) in [7, 11) is 0. The first kappa shape index (κ1) is 23.6. The van der Waals surface area contributed by atoms with Crippen LogP contribution in [0.3, 0.4) is 0 Å². The van der Waals surface area contributed by atoms with Gasteiger partial charge in [-0.05, 0) is 63.2 Å². The second kappa shape index (κ2) is 10.6. The van der Waals surface area contributed by atoms with Crippen LogP contribution in [0.2, 0.25) is 5.02 Å². The van der Waals surface area contributed by atoms with Gasteiger partial charge in [0.05, 0.1) is 12.2 Å². The molecule has 0 aliphatic carbocycles. The van der Waals surface area contributed by atoms with E-state index in [1.165, 1.54) is 0 Å². The van der Waals surface area contributed by atoms with Crippen LogP contribution >= 0.6 is 11.6 Å². The van der Waals surface area contributed by atoms with Crippen molar-refractivity contribution in [2.24, 2.45) is 5.92 Å². The number of piperidine rings is 1. The summed E-state index contributed by atoms with van der Waals surface area (Å²) in [5, 5.41) is 5.38.